The van der Waals surface area contributed by atoms with Crippen molar-refractivity contribution in [2.45, 2.75) is 12.8 Å². The average Bonchev–Trinajstić information content (AvgIpc) is 2.46. The molecule has 1 N–H and O–H groups in total. The summed E-state index contributed by atoms with van der Waals surface area (Å²) < 4.78 is 0. The van der Waals surface area contributed by atoms with Crippen LogP contribution >= 0.6 is 0 Å². The zero-order valence-corrected chi connectivity index (χ0v) is 10.9. The maximum Gasteiger partial charge on any atom is 0.310 e. The first-order valence-electron chi connectivity index (χ1n) is 6.07. The summed E-state index contributed by atoms with van der Waals surface area (Å²) in [6.07, 6.45) is 1.74. The standard InChI is InChI=1S/C15H16N2O2/c1-11(15(18)19)12-6-8-13(9-7-12)17(2)14-5-3-4-10-16-14/h3-11H,1-2H3,(H,18,19). The zero-order valence-electron chi connectivity index (χ0n) is 10.9. The Bertz CT molecular complexity index is 552. The van der Waals surface area contributed by atoms with Crippen molar-refractivity contribution in [3.05, 3.63) is 54.2 Å². The Balaban J connectivity index is 2.21. The number of carboxylic acid groups (broad SMARTS) is 1. The molecule has 0 aliphatic rings. The SMILES string of the molecule is CC(C(=O)O)c1ccc(N(C)c2ccccn2)cc1. The van der Waals surface area contributed by atoms with Crippen LogP contribution in [0.25, 0.3) is 0 Å². The second-order valence-electron chi connectivity index (χ2n) is 4.40. The molecule has 1 aromatic carbocycles. The first-order chi connectivity index (χ1) is 9.09. The van der Waals surface area contributed by atoms with Crippen molar-refractivity contribution in [3.8, 4) is 0 Å². The second-order valence-corrected chi connectivity index (χ2v) is 4.40. The quantitative estimate of drug-likeness (QED) is 0.913. The van der Waals surface area contributed by atoms with E-state index in [1.54, 1.807) is 13.1 Å². The third kappa shape index (κ3) is 2.91. The maximum atomic E-state index is 10.9. The van der Waals surface area contributed by atoms with Crippen molar-refractivity contribution in [2.24, 2.45) is 0 Å². The van der Waals surface area contributed by atoms with Gasteiger partial charge in [-0.25, -0.2) is 4.98 Å². The van der Waals surface area contributed by atoms with Crippen molar-refractivity contribution in [2.75, 3.05) is 11.9 Å². The highest BCUT2D eigenvalue weighted by Gasteiger charge is 2.13. The highest BCUT2D eigenvalue weighted by Crippen LogP contribution is 2.24. The first-order valence-corrected chi connectivity index (χ1v) is 6.07. The van der Waals surface area contributed by atoms with Crippen molar-refractivity contribution in [3.63, 3.8) is 0 Å². The molecule has 0 amide bonds. The predicted molar refractivity (Wildman–Crippen MR) is 74.8 cm³/mol. The minimum absolute atomic E-state index is 0.491. The molecule has 0 aliphatic carbocycles. The third-order valence-electron chi connectivity index (χ3n) is 3.14. The van der Waals surface area contributed by atoms with E-state index in [1.807, 2.05) is 54.4 Å². The van der Waals surface area contributed by atoms with Crippen LogP contribution in [-0.4, -0.2) is 23.1 Å². The summed E-state index contributed by atoms with van der Waals surface area (Å²) in [5.74, 6) is -0.457. The number of anilines is 2. The number of carbonyl (C=O) groups is 1. The van der Waals surface area contributed by atoms with Gasteiger partial charge >= 0.3 is 5.97 Å². The summed E-state index contributed by atoms with van der Waals surface area (Å²) in [5, 5.41) is 8.97. The van der Waals surface area contributed by atoms with E-state index < -0.39 is 11.9 Å². The van der Waals surface area contributed by atoms with Gasteiger partial charge in [0.15, 0.2) is 0 Å². The molecule has 0 saturated carbocycles. The Morgan fingerprint density at radius 2 is 1.89 bits per heavy atom. The number of hydrogen-bond acceptors (Lipinski definition) is 3. The van der Waals surface area contributed by atoms with Crippen LogP contribution in [0, 0.1) is 0 Å². The van der Waals surface area contributed by atoms with Crippen LogP contribution in [0.15, 0.2) is 48.7 Å². The summed E-state index contributed by atoms with van der Waals surface area (Å²) in [6.45, 7) is 1.68. The van der Waals surface area contributed by atoms with Gasteiger partial charge in [0.05, 0.1) is 5.92 Å². The van der Waals surface area contributed by atoms with Gasteiger partial charge in [0, 0.05) is 18.9 Å². The van der Waals surface area contributed by atoms with Gasteiger partial charge < -0.3 is 10.0 Å². The van der Waals surface area contributed by atoms with Crippen LogP contribution in [0.1, 0.15) is 18.4 Å². The van der Waals surface area contributed by atoms with Crippen LogP contribution in [0.3, 0.4) is 0 Å². The van der Waals surface area contributed by atoms with Gasteiger partial charge in [-0.1, -0.05) is 18.2 Å². The molecule has 1 aromatic heterocycles. The molecule has 4 nitrogen and oxygen atoms in total. The van der Waals surface area contributed by atoms with Crippen LogP contribution in [0.2, 0.25) is 0 Å². The monoisotopic (exact) mass is 256 g/mol. The fourth-order valence-corrected chi connectivity index (χ4v) is 1.81. The summed E-state index contributed by atoms with van der Waals surface area (Å²) in [7, 11) is 1.93. The zero-order chi connectivity index (χ0) is 13.8. The van der Waals surface area contributed by atoms with Crippen molar-refractivity contribution in [1.82, 2.24) is 4.98 Å². The van der Waals surface area contributed by atoms with Gasteiger partial charge in [-0.2, -0.15) is 0 Å². The molecular formula is C15H16N2O2. The molecule has 1 unspecified atom stereocenters. The molecule has 0 aliphatic heterocycles. The molecule has 1 atom stereocenters. The van der Waals surface area contributed by atoms with Gasteiger partial charge in [0.1, 0.15) is 5.82 Å². The average molecular weight is 256 g/mol. The van der Waals surface area contributed by atoms with Gasteiger partial charge in [0.25, 0.3) is 0 Å². The van der Waals surface area contributed by atoms with Gasteiger partial charge in [-0.15, -0.1) is 0 Å². The summed E-state index contributed by atoms with van der Waals surface area (Å²) in [6, 6.07) is 13.2. The molecule has 0 saturated heterocycles. The topological polar surface area (TPSA) is 53.4 Å². The number of pyridine rings is 1. The molecule has 19 heavy (non-hydrogen) atoms. The number of nitrogens with zero attached hydrogens (tertiary/aromatic N) is 2. The Morgan fingerprint density at radius 3 is 2.42 bits per heavy atom. The number of aliphatic carboxylic acids is 1. The van der Waals surface area contributed by atoms with Crippen LogP contribution < -0.4 is 4.90 Å². The second kappa shape index (κ2) is 5.52. The highest BCUT2D eigenvalue weighted by molar-refractivity contribution is 5.75. The summed E-state index contributed by atoms with van der Waals surface area (Å²) >= 11 is 0. The molecule has 0 radical (unpaired) electrons. The van der Waals surface area contributed by atoms with E-state index in [9.17, 15) is 4.79 Å². The lowest BCUT2D eigenvalue weighted by Crippen LogP contribution is -2.11. The van der Waals surface area contributed by atoms with Gasteiger partial charge in [-0.3, -0.25) is 4.79 Å². The maximum absolute atomic E-state index is 10.9. The molecular weight excluding hydrogens is 240 g/mol. The number of carboxylic acids is 1. The molecule has 0 fully saturated rings. The first kappa shape index (κ1) is 13.1. The minimum Gasteiger partial charge on any atom is -0.481 e. The largest absolute Gasteiger partial charge is 0.481 e. The number of hydrogen-bond donors (Lipinski definition) is 1. The minimum atomic E-state index is -0.814. The Labute approximate surface area is 112 Å². The van der Waals surface area contributed by atoms with E-state index in [0.717, 1.165) is 17.1 Å². The Hall–Kier alpha value is -2.36. The van der Waals surface area contributed by atoms with E-state index in [0.29, 0.717) is 0 Å². The van der Waals surface area contributed by atoms with E-state index in [2.05, 4.69) is 4.98 Å². The fourth-order valence-electron chi connectivity index (χ4n) is 1.81. The third-order valence-corrected chi connectivity index (χ3v) is 3.14. The lowest BCUT2D eigenvalue weighted by atomic mass is 10.0. The number of aromatic nitrogens is 1. The molecule has 2 rings (SSSR count). The normalized spacial score (nSPS) is 11.9. The summed E-state index contributed by atoms with van der Waals surface area (Å²) in [5.41, 5.74) is 1.77. The Morgan fingerprint density at radius 1 is 1.21 bits per heavy atom. The number of benzene rings is 1. The molecule has 1 heterocycles. The molecule has 0 spiro atoms. The van der Waals surface area contributed by atoms with E-state index in [-0.39, 0.29) is 0 Å². The van der Waals surface area contributed by atoms with Gasteiger partial charge in [-0.05, 0) is 36.8 Å². The molecule has 98 valence electrons. The number of rotatable bonds is 4. The van der Waals surface area contributed by atoms with Crippen molar-refractivity contribution < 1.29 is 9.90 Å². The van der Waals surface area contributed by atoms with Crippen LogP contribution in [0.4, 0.5) is 11.5 Å². The van der Waals surface area contributed by atoms with E-state index in [4.69, 9.17) is 5.11 Å². The van der Waals surface area contributed by atoms with Gasteiger partial charge in [0.2, 0.25) is 0 Å². The predicted octanol–water partition coefficient (Wildman–Crippen LogP) is 3.04. The van der Waals surface area contributed by atoms with Crippen LogP contribution in [-0.2, 0) is 4.79 Å². The molecule has 0 bridgehead atoms. The van der Waals surface area contributed by atoms with E-state index >= 15 is 0 Å². The highest BCUT2D eigenvalue weighted by atomic mass is 16.4. The summed E-state index contributed by atoms with van der Waals surface area (Å²) in [4.78, 5) is 17.1. The Kier molecular flexibility index (Phi) is 3.80. The fraction of sp³-hybridized carbons (Fsp3) is 0.200. The van der Waals surface area contributed by atoms with Crippen molar-refractivity contribution in [1.29, 1.82) is 0 Å². The smallest absolute Gasteiger partial charge is 0.310 e. The molecule has 2 aromatic rings. The lowest BCUT2D eigenvalue weighted by Gasteiger charge is -2.18. The molecule has 4 heteroatoms. The lowest BCUT2D eigenvalue weighted by molar-refractivity contribution is -0.138. The van der Waals surface area contributed by atoms with Crippen LogP contribution in [0.5, 0.6) is 0 Å². The van der Waals surface area contributed by atoms with Crippen molar-refractivity contribution >= 4 is 17.5 Å². The van der Waals surface area contributed by atoms with E-state index in [1.165, 1.54) is 0 Å².